The largest absolute Gasteiger partial charge is 0.490 e. The molecule has 0 aliphatic carbocycles. The zero-order valence-corrected chi connectivity index (χ0v) is 31.5. The average molecular weight is 671 g/mol. The maximum absolute atomic E-state index is 6.62. The van der Waals surface area contributed by atoms with Crippen molar-refractivity contribution in [2.75, 3.05) is 13.2 Å². The van der Waals surface area contributed by atoms with Crippen LogP contribution < -0.4 is 9.47 Å². The summed E-state index contributed by atoms with van der Waals surface area (Å²) < 4.78 is 19.7. The van der Waals surface area contributed by atoms with Crippen LogP contribution in [0.1, 0.15) is 92.1 Å². The molecule has 0 saturated carbocycles. The SMILES string of the molecule is CCCCC(C)CC(OCCOc1c(-c2ccccc2)cccc1-c1ccccc1)Oc1ccc2cc(C(CC(C)C)C(C)(C)C)ccc2c1. The first-order valence-electron chi connectivity index (χ1n) is 18.8. The van der Waals surface area contributed by atoms with Crippen LogP contribution in [0.2, 0.25) is 0 Å². The van der Waals surface area contributed by atoms with Crippen molar-refractivity contribution in [3.63, 3.8) is 0 Å². The highest BCUT2D eigenvalue weighted by atomic mass is 16.7. The highest BCUT2D eigenvalue weighted by molar-refractivity contribution is 5.85. The van der Waals surface area contributed by atoms with Crippen molar-refractivity contribution in [3.8, 4) is 33.8 Å². The molecular formula is C47H58O3. The van der Waals surface area contributed by atoms with Crippen LogP contribution in [0.3, 0.4) is 0 Å². The van der Waals surface area contributed by atoms with Crippen molar-refractivity contribution >= 4 is 10.8 Å². The van der Waals surface area contributed by atoms with Crippen LogP contribution in [0.25, 0.3) is 33.0 Å². The Bertz CT molecular complexity index is 1700. The molecule has 0 fully saturated rings. The number of hydrogen-bond acceptors (Lipinski definition) is 3. The Hall–Kier alpha value is -4.08. The molecule has 3 atom stereocenters. The first-order valence-corrected chi connectivity index (χ1v) is 18.8. The van der Waals surface area contributed by atoms with Gasteiger partial charge in [-0.3, -0.25) is 0 Å². The Morgan fingerprint density at radius 1 is 0.640 bits per heavy atom. The van der Waals surface area contributed by atoms with E-state index in [-0.39, 0.29) is 11.7 Å². The third-order valence-corrected chi connectivity index (χ3v) is 9.72. The van der Waals surface area contributed by atoms with Crippen molar-refractivity contribution in [1.82, 2.24) is 0 Å². The molecule has 0 bridgehead atoms. The lowest BCUT2D eigenvalue weighted by Crippen LogP contribution is -2.26. The molecule has 264 valence electrons. The van der Waals surface area contributed by atoms with Crippen molar-refractivity contribution < 1.29 is 14.2 Å². The van der Waals surface area contributed by atoms with Crippen molar-refractivity contribution in [3.05, 3.63) is 121 Å². The molecular weight excluding hydrogens is 613 g/mol. The smallest absolute Gasteiger partial charge is 0.200 e. The van der Waals surface area contributed by atoms with Gasteiger partial charge in [-0.2, -0.15) is 0 Å². The van der Waals surface area contributed by atoms with Gasteiger partial charge in [0.1, 0.15) is 18.1 Å². The van der Waals surface area contributed by atoms with E-state index in [1.54, 1.807) is 0 Å². The molecule has 0 spiro atoms. The minimum atomic E-state index is -0.364. The molecule has 0 aliphatic heterocycles. The summed E-state index contributed by atoms with van der Waals surface area (Å²) in [5.41, 5.74) is 6.03. The van der Waals surface area contributed by atoms with E-state index in [4.69, 9.17) is 14.2 Å². The van der Waals surface area contributed by atoms with E-state index in [2.05, 4.69) is 152 Å². The van der Waals surface area contributed by atoms with Gasteiger partial charge in [-0.25, -0.2) is 0 Å². The highest BCUT2D eigenvalue weighted by Gasteiger charge is 2.27. The predicted octanol–water partition coefficient (Wildman–Crippen LogP) is 13.4. The van der Waals surface area contributed by atoms with Crippen LogP contribution >= 0.6 is 0 Å². The summed E-state index contributed by atoms with van der Waals surface area (Å²) in [5, 5.41) is 2.44. The quantitative estimate of drug-likeness (QED) is 0.0728. The maximum atomic E-state index is 6.62. The van der Waals surface area contributed by atoms with E-state index < -0.39 is 0 Å². The number of unbranched alkanes of at least 4 members (excludes halogenated alkanes) is 1. The normalized spacial score (nSPS) is 13.7. The number of hydrogen-bond donors (Lipinski definition) is 0. The van der Waals surface area contributed by atoms with Crippen LogP contribution in [0, 0.1) is 17.3 Å². The summed E-state index contributed by atoms with van der Waals surface area (Å²) in [4.78, 5) is 0. The first-order chi connectivity index (χ1) is 24.1. The molecule has 0 N–H and O–H groups in total. The number of rotatable bonds is 17. The second-order valence-corrected chi connectivity index (χ2v) is 15.5. The van der Waals surface area contributed by atoms with Gasteiger partial charge in [0.05, 0.1) is 6.61 Å². The summed E-state index contributed by atoms with van der Waals surface area (Å²) in [6, 6.07) is 40.7. The number of ether oxygens (including phenoxy) is 3. The molecule has 5 aromatic rings. The van der Waals surface area contributed by atoms with Gasteiger partial charge in [-0.15, -0.1) is 0 Å². The van der Waals surface area contributed by atoms with Gasteiger partial charge in [0.2, 0.25) is 0 Å². The lowest BCUT2D eigenvalue weighted by Gasteiger charge is -2.33. The molecule has 5 rings (SSSR count). The molecule has 3 unspecified atom stereocenters. The summed E-state index contributed by atoms with van der Waals surface area (Å²) in [7, 11) is 0. The molecule has 0 aromatic heterocycles. The van der Waals surface area contributed by atoms with Crippen LogP contribution in [0.5, 0.6) is 11.5 Å². The van der Waals surface area contributed by atoms with Crippen LogP contribution in [0.15, 0.2) is 115 Å². The number of fused-ring (bicyclic) bond motifs is 1. The Morgan fingerprint density at radius 2 is 1.26 bits per heavy atom. The molecule has 0 aliphatic rings. The fourth-order valence-corrected chi connectivity index (χ4v) is 7.00. The Kier molecular flexibility index (Phi) is 13.2. The third kappa shape index (κ3) is 10.2. The average Bonchev–Trinajstić information content (AvgIpc) is 3.11. The Balaban J connectivity index is 1.32. The van der Waals surface area contributed by atoms with E-state index in [0.29, 0.717) is 31.0 Å². The lowest BCUT2D eigenvalue weighted by atomic mass is 9.72. The van der Waals surface area contributed by atoms with E-state index in [9.17, 15) is 0 Å². The zero-order chi connectivity index (χ0) is 35.5. The molecule has 5 aromatic carbocycles. The summed E-state index contributed by atoms with van der Waals surface area (Å²) >= 11 is 0. The molecule has 50 heavy (non-hydrogen) atoms. The van der Waals surface area contributed by atoms with Crippen LogP contribution in [0.4, 0.5) is 0 Å². The summed E-state index contributed by atoms with van der Waals surface area (Å²) in [6.45, 7) is 17.1. The minimum absolute atomic E-state index is 0.205. The lowest BCUT2D eigenvalue weighted by molar-refractivity contribution is -0.0979. The second-order valence-electron chi connectivity index (χ2n) is 15.5. The monoisotopic (exact) mass is 670 g/mol. The second kappa shape index (κ2) is 17.7. The molecule has 0 heterocycles. The van der Waals surface area contributed by atoms with E-state index >= 15 is 0 Å². The van der Waals surface area contributed by atoms with Gasteiger partial charge >= 0.3 is 0 Å². The van der Waals surface area contributed by atoms with Crippen molar-refractivity contribution in [1.29, 1.82) is 0 Å². The Labute approximate surface area is 302 Å². The van der Waals surface area contributed by atoms with Gasteiger partial charge in [0, 0.05) is 17.5 Å². The van der Waals surface area contributed by atoms with Crippen LogP contribution in [-0.2, 0) is 4.74 Å². The van der Waals surface area contributed by atoms with Gasteiger partial charge in [0.25, 0.3) is 0 Å². The maximum Gasteiger partial charge on any atom is 0.200 e. The number of para-hydroxylation sites is 1. The molecule has 0 saturated heterocycles. The predicted molar refractivity (Wildman–Crippen MR) is 212 cm³/mol. The first kappa shape index (κ1) is 37.2. The topological polar surface area (TPSA) is 27.7 Å². The molecule has 3 nitrogen and oxygen atoms in total. The fraction of sp³-hybridized carbons (Fsp3) is 0.404. The fourth-order valence-electron chi connectivity index (χ4n) is 7.00. The Morgan fingerprint density at radius 3 is 1.86 bits per heavy atom. The highest BCUT2D eigenvalue weighted by Crippen LogP contribution is 2.41. The number of benzene rings is 5. The van der Waals surface area contributed by atoms with Gasteiger partial charge < -0.3 is 14.2 Å². The van der Waals surface area contributed by atoms with E-state index in [1.807, 2.05) is 12.1 Å². The summed E-state index contributed by atoms with van der Waals surface area (Å²) in [6.07, 6.45) is 5.20. The third-order valence-electron chi connectivity index (χ3n) is 9.72. The standard InChI is InChI=1S/C47H58O3/c1-8-9-17-35(4)31-45(50-41-27-26-38-32-40(25-24-39(38)33-41)44(30-34(2)3)47(5,6)7)48-28-29-49-46-42(36-18-12-10-13-19-36)22-16-23-43(46)37-20-14-11-15-21-37/h10-16,18-27,32-35,44-45H,8-9,17,28-31H2,1-7H3. The van der Waals surface area contributed by atoms with E-state index in [0.717, 1.165) is 46.6 Å². The summed E-state index contributed by atoms with van der Waals surface area (Å²) in [5.74, 6) is 3.36. The molecule has 0 radical (unpaired) electrons. The molecule has 0 amide bonds. The van der Waals surface area contributed by atoms with Crippen LogP contribution in [-0.4, -0.2) is 19.5 Å². The van der Waals surface area contributed by atoms with Crippen molar-refractivity contribution in [2.24, 2.45) is 17.3 Å². The van der Waals surface area contributed by atoms with Crippen molar-refractivity contribution in [2.45, 2.75) is 92.8 Å². The van der Waals surface area contributed by atoms with Gasteiger partial charge in [0.15, 0.2) is 6.29 Å². The van der Waals surface area contributed by atoms with E-state index in [1.165, 1.54) is 35.6 Å². The minimum Gasteiger partial charge on any atom is -0.490 e. The van der Waals surface area contributed by atoms with Gasteiger partial charge in [-0.1, -0.05) is 171 Å². The molecule has 3 heteroatoms. The zero-order valence-electron chi connectivity index (χ0n) is 31.5. The van der Waals surface area contributed by atoms with Gasteiger partial charge in [-0.05, 0) is 69.2 Å².